The van der Waals surface area contributed by atoms with Gasteiger partial charge in [-0.3, -0.25) is 4.79 Å². The van der Waals surface area contributed by atoms with Crippen molar-refractivity contribution in [3.05, 3.63) is 11.3 Å². The molecule has 14 heavy (non-hydrogen) atoms. The summed E-state index contributed by atoms with van der Waals surface area (Å²) in [4.78, 5) is 13.3. The average Bonchev–Trinajstić information content (AvgIpc) is 1.98. The molecule has 0 radical (unpaired) electrons. The van der Waals surface area contributed by atoms with E-state index in [1.54, 1.807) is 19.0 Å². The highest BCUT2D eigenvalue weighted by Gasteiger charge is 2.18. The Labute approximate surface area is 89.0 Å². The van der Waals surface area contributed by atoms with Gasteiger partial charge in [-0.2, -0.15) is 0 Å². The maximum Gasteiger partial charge on any atom is 0.228 e. The SMILES string of the molecule is C/C(=C\[Si](C)(C)C)C(C)C(=O)N(C)C. The summed E-state index contributed by atoms with van der Waals surface area (Å²) in [6.07, 6.45) is 0. The molecule has 0 spiro atoms. The van der Waals surface area contributed by atoms with Crippen LogP contribution in [0.2, 0.25) is 19.6 Å². The van der Waals surface area contributed by atoms with Gasteiger partial charge in [-0.05, 0) is 13.8 Å². The molecule has 1 amide bonds. The maximum absolute atomic E-state index is 11.7. The van der Waals surface area contributed by atoms with Gasteiger partial charge in [-0.1, -0.05) is 30.9 Å². The fraction of sp³-hybridized carbons (Fsp3) is 0.727. The summed E-state index contributed by atoms with van der Waals surface area (Å²) >= 11 is 0. The number of hydrogen-bond donors (Lipinski definition) is 0. The molecule has 0 aromatic heterocycles. The molecule has 1 atom stereocenters. The second-order valence-electron chi connectivity index (χ2n) is 5.21. The van der Waals surface area contributed by atoms with Crippen molar-refractivity contribution in [2.24, 2.45) is 5.92 Å². The van der Waals surface area contributed by atoms with E-state index in [-0.39, 0.29) is 11.8 Å². The van der Waals surface area contributed by atoms with Gasteiger partial charge in [0.25, 0.3) is 0 Å². The van der Waals surface area contributed by atoms with Crippen molar-refractivity contribution in [3.8, 4) is 0 Å². The van der Waals surface area contributed by atoms with E-state index in [2.05, 4.69) is 32.3 Å². The summed E-state index contributed by atoms with van der Waals surface area (Å²) in [6.45, 7) is 10.9. The van der Waals surface area contributed by atoms with Crippen LogP contribution in [-0.2, 0) is 4.79 Å². The largest absolute Gasteiger partial charge is 0.348 e. The second-order valence-corrected chi connectivity index (χ2v) is 10.2. The van der Waals surface area contributed by atoms with Gasteiger partial charge >= 0.3 is 0 Å². The monoisotopic (exact) mass is 213 g/mol. The minimum absolute atomic E-state index is 0.0247. The zero-order chi connectivity index (χ0) is 11.5. The summed E-state index contributed by atoms with van der Waals surface area (Å²) in [5.74, 6) is 0.216. The van der Waals surface area contributed by atoms with Gasteiger partial charge in [0, 0.05) is 14.1 Å². The lowest BCUT2D eigenvalue weighted by Crippen LogP contribution is -2.29. The molecule has 2 nitrogen and oxygen atoms in total. The van der Waals surface area contributed by atoms with E-state index < -0.39 is 8.07 Å². The van der Waals surface area contributed by atoms with Crippen molar-refractivity contribution in [1.29, 1.82) is 0 Å². The van der Waals surface area contributed by atoms with E-state index in [9.17, 15) is 4.79 Å². The summed E-state index contributed by atoms with van der Waals surface area (Å²) < 4.78 is 0. The Hall–Kier alpha value is -0.573. The van der Waals surface area contributed by atoms with Crippen LogP contribution in [0.15, 0.2) is 11.3 Å². The quantitative estimate of drug-likeness (QED) is 0.660. The normalized spacial score (nSPS) is 15.2. The first kappa shape index (κ1) is 13.4. The van der Waals surface area contributed by atoms with Gasteiger partial charge in [0.15, 0.2) is 0 Å². The first-order chi connectivity index (χ1) is 6.15. The Bertz CT molecular complexity index is 238. The van der Waals surface area contributed by atoms with Crippen LogP contribution >= 0.6 is 0 Å². The van der Waals surface area contributed by atoms with Crippen LogP contribution < -0.4 is 0 Å². The number of nitrogens with zero attached hydrogens (tertiary/aromatic N) is 1. The van der Waals surface area contributed by atoms with E-state index >= 15 is 0 Å². The molecule has 82 valence electrons. The second kappa shape index (κ2) is 4.78. The van der Waals surface area contributed by atoms with Crippen molar-refractivity contribution in [3.63, 3.8) is 0 Å². The zero-order valence-electron chi connectivity index (χ0n) is 10.5. The van der Waals surface area contributed by atoms with Crippen molar-refractivity contribution in [2.75, 3.05) is 14.1 Å². The predicted octanol–water partition coefficient (Wildman–Crippen LogP) is 2.53. The molecule has 0 aliphatic carbocycles. The van der Waals surface area contributed by atoms with Crippen LogP contribution in [0.3, 0.4) is 0 Å². The number of hydrogen-bond acceptors (Lipinski definition) is 1. The Morgan fingerprint density at radius 2 is 1.71 bits per heavy atom. The molecule has 3 heteroatoms. The van der Waals surface area contributed by atoms with Gasteiger partial charge in [-0.25, -0.2) is 0 Å². The molecular weight excluding hydrogens is 190 g/mol. The average molecular weight is 213 g/mol. The predicted molar refractivity (Wildman–Crippen MR) is 65.0 cm³/mol. The molecule has 0 aliphatic rings. The van der Waals surface area contributed by atoms with Crippen LogP contribution in [0.5, 0.6) is 0 Å². The summed E-state index contributed by atoms with van der Waals surface area (Å²) in [5.41, 5.74) is 3.52. The van der Waals surface area contributed by atoms with E-state index in [0.29, 0.717) is 0 Å². The maximum atomic E-state index is 11.7. The standard InChI is InChI=1S/C11H23NOSi/c1-9(8-14(5,6)7)10(2)11(13)12(3)4/h8,10H,1-7H3/b9-8+. The Morgan fingerprint density at radius 3 is 2.00 bits per heavy atom. The van der Waals surface area contributed by atoms with Gasteiger partial charge in [0.1, 0.15) is 0 Å². The fourth-order valence-electron chi connectivity index (χ4n) is 1.39. The molecule has 0 aliphatic heterocycles. The fourth-order valence-corrected chi connectivity index (χ4v) is 3.01. The highest BCUT2D eigenvalue weighted by Crippen LogP contribution is 2.16. The summed E-state index contributed by atoms with van der Waals surface area (Å²) in [5, 5.41) is 0. The van der Waals surface area contributed by atoms with Crippen LogP contribution in [-0.4, -0.2) is 33.0 Å². The van der Waals surface area contributed by atoms with E-state index in [0.717, 1.165) is 0 Å². The Balaban J connectivity index is 4.63. The molecule has 0 heterocycles. The number of amides is 1. The first-order valence-corrected chi connectivity index (χ1v) is 8.63. The van der Waals surface area contributed by atoms with E-state index in [1.807, 2.05) is 6.92 Å². The third kappa shape index (κ3) is 4.60. The molecular formula is C11H23NOSi. The third-order valence-corrected chi connectivity index (χ3v) is 3.48. The van der Waals surface area contributed by atoms with Gasteiger partial charge in [0.05, 0.1) is 14.0 Å². The van der Waals surface area contributed by atoms with Crippen LogP contribution in [0.4, 0.5) is 0 Å². The van der Waals surface area contributed by atoms with Gasteiger partial charge < -0.3 is 4.90 Å². The lowest BCUT2D eigenvalue weighted by molar-refractivity contribution is -0.131. The van der Waals surface area contributed by atoms with Crippen molar-refractivity contribution in [1.82, 2.24) is 4.90 Å². The third-order valence-electron chi connectivity index (χ3n) is 2.15. The molecule has 1 unspecified atom stereocenters. The molecule has 0 fully saturated rings. The Morgan fingerprint density at radius 1 is 1.29 bits per heavy atom. The van der Waals surface area contributed by atoms with Crippen LogP contribution in [0.1, 0.15) is 13.8 Å². The van der Waals surface area contributed by atoms with Crippen LogP contribution in [0, 0.1) is 5.92 Å². The smallest absolute Gasteiger partial charge is 0.228 e. The Kier molecular flexibility index (Phi) is 4.58. The van der Waals surface area contributed by atoms with Crippen molar-refractivity contribution < 1.29 is 4.79 Å². The highest BCUT2D eigenvalue weighted by molar-refractivity contribution is 6.81. The minimum atomic E-state index is -1.20. The number of rotatable bonds is 3. The van der Waals surface area contributed by atoms with E-state index in [1.165, 1.54) is 5.57 Å². The molecule has 0 aromatic rings. The molecule has 0 aromatic carbocycles. The van der Waals surface area contributed by atoms with E-state index in [4.69, 9.17) is 0 Å². The molecule has 0 saturated carbocycles. The van der Waals surface area contributed by atoms with Crippen LogP contribution in [0.25, 0.3) is 0 Å². The van der Waals surface area contributed by atoms with Crippen molar-refractivity contribution >= 4 is 14.0 Å². The lowest BCUT2D eigenvalue weighted by Gasteiger charge is -2.20. The van der Waals surface area contributed by atoms with Gasteiger partial charge in [-0.15, -0.1) is 0 Å². The number of carbonyl (C=O) groups excluding carboxylic acids is 1. The number of carbonyl (C=O) groups is 1. The highest BCUT2D eigenvalue weighted by atomic mass is 28.3. The minimum Gasteiger partial charge on any atom is -0.348 e. The summed E-state index contributed by atoms with van der Waals surface area (Å²) in [6, 6.07) is 0. The molecule has 0 saturated heterocycles. The summed E-state index contributed by atoms with van der Waals surface area (Å²) in [7, 11) is 2.42. The molecule has 0 N–H and O–H groups in total. The topological polar surface area (TPSA) is 20.3 Å². The van der Waals surface area contributed by atoms with Gasteiger partial charge in [0.2, 0.25) is 5.91 Å². The molecule has 0 rings (SSSR count). The lowest BCUT2D eigenvalue weighted by atomic mass is 10.0. The zero-order valence-corrected chi connectivity index (χ0v) is 11.5. The first-order valence-electron chi connectivity index (χ1n) is 5.05. The van der Waals surface area contributed by atoms with Crippen molar-refractivity contribution in [2.45, 2.75) is 33.5 Å². The molecule has 0 bridgehead atoms.